The first-order valence-electron chi connectivity index (χ1n) is 12.3. The van der Waals surface area contributed by atoms with Crippen LogP contribution in [0.3, 0.4) is 0 Å². The molecule has 0 N–H and O–H groups in total. The number of aromatic nitrogens is 3. The number of hydrogen-bond donors (Lipinski definition) is 0. The molecule has 35 heavy (non-hydrogen) atoms. The van der Waals surface area contributed by atoms with E-state index >= 15 is 0 Å². The van der Waals surface area contributed by atoms with Gasteiger partial charge in [0.25, 0.3) is 6.28 Å². The van der Waals surface area contributed by atoms with Gasteiger partial charge in [0.1, 0.15) is 24.7 Å². The summed E-state index contributed by atoms with van der Waals surface area (Å²) in [6, 6.07) is 41.8. The Morgan fingerprint density at radius 2 is 1.26 bits per heavy atom. The summed E-state index contributed by atoms with van der Waals surface area (Å²) in [4.78, 5) is 0. The predicted molar refractivity (Wildman–Crippen MR) is 145 cm³/mol. The second-order valence-electron chi connectivity index (χ2n) is 9.62. The summed E-state index contributed by atoms with van der Waals surface area (Å²) in [6.07, 6.45) is 3.03. The summed E-state index contributed by atoms with van der Waals surface area (Å²) in [5.74, 6) is 1.26. The zero-order valence-electron chi connectivity index (χ0n) is 19.8. The molecule has 3 heterocycles. The molecule has 0 saturated carbocycles. The molecule has 3 nitrogen and oxygen atoms in total. The SMILES string of the molecule is Cc1c2n(c3ccccc13)[B-](c1ccccc1)(c1ccccc1)c1n-2cc[n+]1Cc1ccccc1. The van der Waals surface area contributed by atoms with Crippen LogP contribution >= 0.6 is 0 Å². The molecule has 1 aliphatic heterocycles. The standard InChI is InChI=1S/C31H26BN3/c1-24-28-19-11-12-20-29(28)35-30(24)34-22-21-33(23-25-13-5-2-6-14-25)31(34)32(35,26-15-7-3-8-16-26)27-17-9-4-10-18-27/h2-22H,23H2,1H3. The van der Waals surface area contributed by atoms with Crippen molar-refractivity contribution in [2.45, 2.75) is 13.5 Å². The smallest absolute Gasteiger partial charge is 0.270 e. The van der Waals surface area contributed by atoms with Crippen LogP contribution in [-0.4, -0.2) is 15.3 Å². The maximum absolute atomic E-state index is 2.63. The Bertz CT molecular complexity index is 1630. The lowest BCUT2D eigenvalue weighted by Crippen LogP contribution is -2.77. The molecule has 7 rings (SSSR count). The number of rotatable bonds is 4. The second kappa shape index (κ2) is 7.61. The zero-order chi connectivity index (χ0) is 23.4. The van der Waals surface area contributed by atoms with Gasteiger partial charge in [-0.3, -0.25) is 4.57 Å². The molecular weight excluding hydrogens is 425 g/mol. The zero-order valence-corrected chi connectivity index (χ0v) is 19.8. The molecule has 2 aromatic heterocycles. The van der Waals surface area contributed by atoms with Crippen LogP contribution in [0.1, 0.15) is 11.1 Å². The molecule has 0 fully saturated rings. The van der Waals surface area contributed by atoms with Crippen molar-refractivity contribution in [2.75, 3.05) is 0 Å². The first-order chi connectivity index (χ1) is 17.3. The van der Waals surface area contributed by atoms with Crippen LogP contribution in [0.4, 0.5) is 0 Å². The van der Waals surface area contributed by atoms with Crippen molar-refractivity contribution >= 4 is 33.8 Å². The lowest BCUT2D eigenvalue weighted by atomic mass is 9.27. The highest BCUT2D eigenvalue weighted by atomic mass is 15.3. The third kappa shape index (κ3) is 2.71. The minimum atomic E-state index is -1.48. The van der Waals surface area contributed by atoms with E-state index in [2.05, 4.69) is 148 Å². The summed E-state index contributed by atoms with van der Waals surface area (Å²) < 4.78 is 7.53. The number of nitrogens with zero attached hydrogens (tertiary/aromatic N) is 3. The van der Waals surface area contributed by atoms with E-state index in [9.17, 15) is 0 Å². The van der Waals surface area contributed by atoms with Crippen LogP contribution in [0.5, 0.6) is 0 Å². The summed E-state index contributed by atoms with van der Waals surface area (Å²) in [5, 5.41) is 1.31. The number of benzene rings is 4. The second-order valence-corrected chi connectivity index (χ2v) is 9.62. The lowest BCUT2D eigenvalue weighted by molar-refractivity contribution is -0.670. The topological polar surface area (TPSA) is 13.7 Å². The number of fused-ring (bicyclic) bond motifs is 5. The number of hydrogen-bond acceptors (Lipinski definition) is 0. The van der Waals surface area contributed by atoms with Crippen LogP contribution in [0, 0.1) is 6.92 Å². The summed E-state index contributed by atoms with van der Waals surface area (Å²) in [6.45, 7) is 3.09. The van der Waals surface area contributed by atoms with Gasteiger partial charge < -0.3 is 4.48 Å². The molecule has 0 bridgehead atoms. The Balaban J connectivity index is 1.65. The quantitative estimate of drug-likeness (QED) is 0.285. The molecule has 0 saturated heterocycles. The molecule has 0 spiro atoms. The Labute approximate surface area is 205 Å². The van der Waals surface area contributed by atoms with Gasteiger partial charge in [-0.25, -0.2) is 4.57 Å². The molecule has 0 unspecified atom stereocenters. The number of para-hydroxylation sites is 1. The van der Waals surface area contributed by atoms with E-state index in [1.165, 1.54) is 44.5 Å². The van der Waals surface area contributed by atoms with E-state index in [1.54, 1.807) is 0 Å². The molecule has 1 aliphatic rings. The van der Waals surface area contributed by atoms with Crippen LogP contribution in [0.15, 0.2) is 128 Å². The minimum Gasteiger partial charge on any atom is -0.464 e. The maximum Gasteiger partial charge on any atom is 0.270 e. The van der Waals surface area contributed by atoms with Crippen molar-refractivity contribution in [2.24, 2.45) is 0 Å². The molecule has 0 aliphatic carbocycles. The highest BCUT2D eigenvalue weighted by molar-refractivity contribution is 7.10. The van der Waals surface area contributed by atoms with Gasteiger partial charge in [0.2, 0.25) is 0 Å². The number of imidazole rings is 1. The Morgan fingerprint density at radius 1 is 0.686 bits per heavy atom. The highest BCUT2D eigenvalue weighted by Gasteiger charge is 2.50. The van der Waals surface area contributed by atoms with E-state index < -0.39 is 6.28 Å². The summed E-state index contributed by atoms with van der Waals surface area (Å²) in [7, 11) is 0. The van der Waals surface area contributed by atoms with Crippen LogP contribution in [0.2, 0.25) is 0 Å². The van der Waals surface area contributed by atoms with Crippen molar-refractivity contribution in [1.29, 1.82) is 0 Å². The maximum atomic E-state index is 2.63. The Kier molecular flexibility index (Phi) is 4.37. The van der Waals surface area contributed by atoms with Gasteiger partial charge in [0.15, 0.2) is 5.82 Å². The van der Waals surface area contributed by atoms with Crippen LogP contribution < -0.4 is 21.2 Å². The largest absolute Gasteiger partial charge is 0.464 e. The fourth-order valence-corrected chi connectivity index (χ4v) is 6.44. The van der Waals surface area contributed by atoms with Crippen molar-refractivity contribution in [3.63, 3.8) is 0 Å². The van der Waals surface area contributed by atoms with E-state index in [-0.39, 0.29) is 0 Å². The fourth-order valence-electron chi connectivity index (χ4n) is 6.44. The van der Waals surface area contributed by atoms with Gasteiger partial charge in [-0.2, -0.15) is 10.9 Å². The molecule has 0 amide bonds. The monoisotopic (exact) mass is 451 g/mol. The predicted octanol–water partition coefficient (Wildman–Crippen LogP) is 3.90. The van der Waals surface area contributed by atoms with Gasteiger partial charge in [0, 0.05) is 16.5 Å². The van der Waals surface area contributed by atoms with Gasteiger partial charge in [-0.05, 0) is 18.6 Å². The molecule has 0 atom stereocenters. The van der Waals surface area contributed by atoms with Crippen LogP contribution in [-0.2, 0) is 6.54 Å². The van der Waals surface area contributed by atoms with E-state index in [0.717, 1.165) is 6.54 Å². The van der Waals surface area contributed by atoms with Crippen LogP contribution in [0.25, 0.3) is 16.7 Å². The molecule has 4 heteroatoms. The van der Waals surface area contributed by atoms with Gasteiger partial charge in [0.05, 0.1) is 0 Å². The van der Waals surface area contributed by atoms with E-state index in [4.69, 9.17) is 0 Å². The molecule has 6 aromatic rings. The first kappa shape index (κ1) is 20.1. The van der Waals surface area contributed by atoms with E-state index in [1.807, 2.05) is 0 Å². The highest BCUT2D eigenvalue weighted by Crippen LogP contribution is 2.34. The summed E-state index contributed by atoms with van der Waals surface area (Å²) in [5.41, 5.74) is 7.85. The van der Waals surface area contributed by atoms with Gasteiger partial charge >= 0.3 is 0 Å². The molecule has 0 radical (unpaired) electrons. The third-order valence-electron chi connectivity index (χ3n) is 7.82. The minimum absolute atomic E-state index is 0.828. The van der Waals surface area contributed by atoms with E-state index in [0.29, 0.717) is 0 Å². The van der Waals surface area contributed by atoms with Crippen molar-refractivity contribution < 1.29 is 4.57 Å². The van der Waals surface area contributed by atoms with Crippen molar-refractivity contribution in [3.8, 4) is 5.82 Å². The normalized spacial score (nSPS) is 13.6. The molecule has 4 aromatic carbocycles. The van der Waals surface area contributed by atoms with Crippen molar-refractivity contribution in [3.05, 3.63) is 139 Å². The first-order valence-corrected chi connectivity index (χ1v) is 12.3. The molecular formula is C31H26BN3. The Morgan fingerprint density at radius 3 is 1.91 bits per heavy atom. The lowest BCUT2D eigenvalue weighted by Gasteiger charge is -2.37. The van der Waals surface area contributed by atoms with Crippen molar-refractivity contribution in [1.82, 2.24) is 9.05 Å². The van der Waals surface area contributed by atoms with Gasteiger partial charge in [-0.15, -0.1) is 0 Å². The summed E-state index contributed by atoms with van der Waals surface area (Å²) >= 11 is 0. The average molecular weight is 451 g/mol. The number of aryl methyl sites for hydroxylation is 1. The molecule has 168 valence electrons. The third-order valence-corrected chi connectivity index (χ3v) is 7.82. The average Bonchev–Trinajstić information content (AvgIpc) is 3.56. The fraction of sp³-hybridized carbons (Fsp3) is 0.0645. The van der Waals surface area contributed by atoms with Gasteiger partial charge in [-0.1, -0.05) is 109 Å². The Hall–Kier alpha value is -4.31.